The number of aryl methyl sites for hydroxylation is 2. The summed E-state index contributed by atoms with van der Waals surface area (Å²) in [6.45, 7) is 4.90. The van der Waals surface area contributed by atoms with E-state index in [9.17, 15) is 16.8 Å². The van der Waals surface area contributed by atoms with Gasteiger partial charge in [-0.2, -0.15) is 16.8 Å². The Morgan fingerprint density at radius 2 is 0.750 bits per heavy atom. The van der Waals surface area contributed by atoms with Crippen LogP contribution in [-0.4, -0.2) is 79.7 Å². The SMILES string of the molecule is Cc1ccc(S(=O)(=O)OCCOCCOc2ccc(-c3ccc4ccc5ccc(-c6ccc(OCCOCCOS(=O)(=O)c7ccc(C)cc7)cc6)nc5c4n3)cc2)cc1. The lowest BCUT2D eigenvalue weighted by atomic mass is 10.1. The monoisotopic (exact) mass is 848 g/mol. The van der Waals surface area contributed by atoms with Crippen molar-refractivity contribution in [2.75, 3.05) is 52.9 Å². The standard InChI is InChI=1S/C46H44N2O10S2/c1-33-3-19-41(20-4-33)59(49,50)57-31-27-53-25-29-55-39-15-9-35(10-16-39)43-23-13-37-7-8-38-14-24-44(48-46(38)45(37)47-43)36-11-17-40(18-12-36)56-30-26-54-28-32-58-60(51,52)42-21-5-34(2)6-22-42/h3-24H,25-32H2,1-2H3. The largest absolute Gasteiger partial charge is 0.491 e. The number of hydrogen-bond acceptors (Lipinski definition) is 12. The van der Waals surface area contributed by atoms with Crippen LogP contribution in [0.3, 0.4) is 0 Å². The van der Waals surface area contributed by atoms with Crippen molar-refractivity contribution in [2.45, 2.75) is 23.6 Å². The first kappa shape index (κ1) is 42.4. The van der Waals surface area contributed by atoms with Crippen LogP contribution in [0.4, 0.5) is 0 Å². The molecule has 0 aliphatic heterocycles. The van der Waals surface area contributed by atoms with E-state index in [0.717, 1.165) is 55.4 Å². The first-order valence-corrected chi connectivity index (χ1v) is 22.1. The number of fused-ring (bicyclic) bond motifs is 3. The normalized spacial score (nSPS) is 11.9. The number of ether oxygens (including phenoxy) is 4. The van der Waals surface area contributed by atoms with Crippen LogP contribution in [0.5, 0.6) is 11.5 Å². The third-order valence-electron chi connectivity index (χ3n) is 9.36. The molecule has 0 amide bonds. The Bertz CT molecular complexity index is 2550. The van der Waals surface area contributed by atoms with Crippen molar-refractivity contribution in [3.63, 3.8) is 0 Å². The highest BCUT2D eigenvalue weighted by Crippen LogP contribution is 2.30. The van der Waals surface area contributed by atoms with Gasteiger partial charge in [0.05, 0.1) is 71.9 Å². The number of aromatic nitrogens is 2. The Balaban J connectivity index is 0.881. The smallest absolute Gasteiger partial charge is 0.297 e. The zero-order chi connectivity index (χ0) is 42.0. The van der Waals surface area contributed by atoms with Gasteiger partial charge in [-0.3, -0.25) is 8.37 Å². The molecule has 12 nitrogen and oxygen atoms in total. The number of rotatable bonds is 20. The van der Waals surface area contributed by atoms with E-state index < -0.39 is 20.2 Å². The van der Waals surface area contributed by atoms with Gasteiger partial charge in [0, 0.05) is 21.9 Å². The van der Waals surface area contributed by atoms with Gasteiger partial charge in [-0.15, -0.1) is 0 Å². The molecule has 0 unspecified atom stereocenters. The molecule has 0 fully saturated rings. The summed E-state index contributed by atoms with van der Waals surface area (Å²) in [6, 6.07) is 40.4. The molecule has 2 heterocycles. The summed E-state index contributed by atoms with van der Waals surface area (Å²) in [6.07, 6.45) is 0. The number of pyridine rings is 2. The lowest BCUT2D eigenvalue weighted by Gasteiger charge is -2.10. The quantitative estimate of drug-likeness (QED) is 0.0412. The van der Waals surface area contributed by atoms with Crippen LogP contribution in [0.1, 0.15) is 11.1 Å². The fraction of sp³-hybridized carbons (Fsp3) is 0.217. The fourth-order valence-corrected chi connectivity index (χ4v) is 7.91. The van der Waals surface area contributed by atoms with E-state index in [0.29, 0.717) is 11.5 Å². The molecule has 14 heteroatoms. The first-order valence-electron chi connectivity index (χ1n) is 19.3. The predicted octanol–water partition coefficient (Wildman–Crippen LogP) is 8.34. The molecule has 5 aromatic carbocycles. The maximum absolute atomic E-state index is 12.3. The molecule has 0 aliphatic rings. The molecule has 0 N–H and O–H groups in total. The topological polar surface area (TPSA) is 149 Å². The molecular weight excluding hydrogens is 805 g/mol. The van der Waals surface area contributed by atoms with Crippen molar-refractivity contribution in [3.8, 4) is 34.0 Å². The van der Waals surface area contributed by atoms with Gasteiger partial charge < -0.3 is 18.9 Å². The molecule has 60 heavy (non-hydrogen) atoms. The first-order chi connectivity index (χ1) is 29.0. The van der Waals surface area contributed by atoms with Crippen LogP contribution in [0.25, 0.3) is 44.3 Å². The summed E-state index contributed by atoms with van der Waals surface area (Å²) in [5.74, 6) is 1.33. The van der Waals surface area contributed by atoms with E-state index in [-0.39, 0.29) is 62.6 Å². The molecule has 0 atom stereocenters. The van der Waals surface area contributed by atoms with E-state index >= 15 is 0 Å². The van der Waals surface area contributed by atoms with Crippen LogP contribution < -0.4 is 9.47 Å². The van der Waals surface area contributed by atoms with Gasteiger partial charge in [0.25, 0.3) is 20.2 Å². The predicted molar refractivity (Wildman–Crippen MR) is 229 cm³/mol. The van der Waals surface area contributed by atoms with Gasteiger partial charge in [-0.1, -0.05) is 59.7 Å². The summed E-state index contributed by atoms with van der Waals surface area (Å²) in [5, 5.41) is 1.94. The molecular formula is C46H44N2O10S2. The lowest BCUT2D eigenvalue weighted by molar-refractivity contribution is 0.0779. The van der Waals surface area contributed by atoms with Gasteiger partial charge in [-0.05, 0) is 98.8 Å². The molecule has 0 spiro atoms. The van der Waals surface area contributed by atoms with Crippen LogP contribution >= 0.6 is 0 Å². The van der Waals surface area contributed by atoms with Crippen LogP contribution in [0.2, 0.25) is 0 Å². The second-order valence-electron chi connectivity index (χ2n) is 13.8. The minimum atomic E-state index is -3.83. The van der Waals surface area contributed by atoms with E-state index in [4.69, 9.17) is 37.3 Å². The van der Waals surface area contributed by atoms with Crippen LogP contribution in [0.15, 0.2) is 143 Å². The molecule has 7 aromatic rings. The number of benzene rings is 5. The van der Waals surface area contributed by atoms with Gasteiger partial charge in [0.2, 0.25) is 0 Å². The van der Waals surface area contributed by atoms with Crippen molar-refractivity contribution in [3.05, 3.63) is 145 Å². The van der Waals surface area contributed by atoms with Crippen molar-refractivity contribution in [1.82, 2.24) is 9.97 Å². The molecule has 0 aliphatic carbocycles. The van der Waals surface area contributed by atoms with Crippen molar-refractivity contribution >= 4 is 42.0 Å². The molecule has 0 saturated carbocycles. The van der Waals surface area contributed by atoms with E-state index in [1.165, 1.54) is 24.3 Å². The van der Waals surface area contributed by atoms with E-state index in [2.05, 4.69) is 0 Å². The average Bonchev–Trinajstić information content (AvgIpc) is 3.26. The summed E-state index contributed by atoms with van der Waals surface area (Å²) in [7, 11) is -7.66. The minimum Gasteiger partial charge on any atom is -0.491 e. The summed E-state index contributed by atoms with van der Waals surface area (Å²) < 4.78 is 82.0. The summed E-state index contributed by atoms with van der Waals surface area (Å²) in [5.41, 5.74) is 6.93. The Morgan fingerprint density at radius 1 is 0.400 bits per heavy atom. The van der Waals surface area contributed by atoms with Gasteiger partial charge >= 0.3 is 0 Å². The number of nitrogens with zero attached hydrogens (tertiary/aromatic N) is 2. The molecule has 2 aromatic heterocycles. The lowest BCUT2D eigenvalue weighted by Crippen LogP contribution is -2.14. The van der Waals surface area contributed by atoms with Gasteiger partial charge in [0.15, 0.2) is 0 Å². The highest BCUT2D eigenvalue weighted by Gasteiger charge is 2.16. The Kier molecular flexibility index (Phi) is 13.8. The minimum absolute atomic E-state index is 0.0926. The van der Waals surface area contributed by atoms with E-state index in [1.54, 1.807) is 24.3 Å². The second-order valence-corrected chi connectivity index (χ2v) is 17.0. The molecule has 0 radical (unpaired) electrons. The fourth-order valence-electron chi connectivity index (χ4n) is 6.13. The third kappa shape index (κ3) is 11.1. The Hall–Kier alpha value is -5.74. The average molecular weight is 849 g/mol. The number of hydrogen-bond donors (Lipinski definition) is 0. The second kappa shape index (κ2) is 19.5. The van der Waals surface area contributed by atoms with Crippen LogP contribution in [0, 0.1) is 13.8 Å². The van der Waals surface area contributed by atoms with E-state index in [1.807, 2.05) is 98.8 Å². The maximum Gasteiger partial charge on any atom is 0.297 e. The highest BCUT2D eigenvalue weighted by atomic mass is 32.2. The summed E-state index contributed by atoms with van der Waals surface area (Å²) in [4.78, 5) is 10.3. The van der Waals surface area contributed by atoms with Gasteiger partial charge in [0.1, 0.15) is 24.7 Å². The maximum atomic E-state index is 12.3. The van der Waals surface area contributed by atoms with Crippen molar-refractivity contribution < 1.29 is 44.1 Å². The molecule has 0 bridgehead atoms. The van der Waals surface area contributed by atoms with Crippen molar-refractivity contribution in [1.29, 1.82) is 0 Å². The van der Waals surface area contributed by atoms with Crippen LogP contribution in [-0.2, 0) is 38.1 Å². The molecule has 0 saturated heterocycles. The molecule has 310 valence electrons. The van der Waals surface area contributed by atoms with Gasteiger partial charge in [-0.25, -0.2) is 9.97 Å². The van der Waals surface area contributed by atoms with Crippen molar-refractivity contribution in [2.24, 2.45) is 0 Å². The Morgan fingerprint density at radius 3 is 1.13 bits per heavy atom. The zero-order valence-corrected chi connectivity index (χ0v) is 34.8. The highest BCUT2D eigenvalue weighted by molar-refractivity contribution is 7.87. The molecule has 7 rings (SSSR count). The zero-order valence-electron chi connectivity index (χ0n) is 33.2. The summed E-state index contributed by atoms with van der Waals surface area (Å²) >= 11 is 0. The Labute approximate surface area is 349 Å². The third-order valence-corrected chi connectivity index (χ3v) is 12.0.